The first-order valence-corrected chi connectivity index (χ1v) is 14.1. The molecule has 0 aromatic heterocycles. The van der Waals surface area contributed by atoms with Crippen LogP contribution < -0.4 is 5.32 Å². The molecule has 0 heterocycles. The van der Waals surface area contributed by atoms with Gasteiger partial charge < -0.3 is 10.4 Å². The van der Waals surface area contributed by atoms with Gasteiger partial charge in [-0.25, -0.2) is 0 Å². The number of hydrogen-bond donors (Lipinski definition) is 2. The van der Waals surface area contributed by atoms with Gasteiger partial charge in [0, 0.05) is 13.0 Å². The van der Waals surface area contributed by atoms with E-state index < -0.39 is 5.92 Å². The molecule has 0 saturated carbocycles. The van der Waals surface area contributed by atoms with Crippen molar-refractivity contribution in [1.82, 2.24) is 5.32 Å². The molecule has 0 saturated heterocycles. The summed E-state index contributed by atoms with van der Waals surface area (Å²) < 4.78 is 0. The Balaban J connectivity index is 1.91. The highest BCUT2D eigenvalue weighted by Gasteiger charge is 2.30. The van der Waals surface area contributed by atoms with Gasteiger partial charge >= 0.3 is 0 Å². The number of carbonyl (C=O) groups excluding carboxylic acids is 2. The van der Waals surface area contributed by atoms with Gasteiger partial charge in [-0.2, -0.15) is 0 Å². The average molecular weight is 464 g/mol. The predicted molar refractivity (Wildman–Crippen MR) is 139 cm³/mol. The van der Waals surface area contributed by atoms with E-state index in [-0.39, 0.29) is 23.6 Å². The quantitative estimate of drug-likeness (QED) is 0.152. The number of hydrogen-bond acceptors (Lipinski definition) is 4. The molecule has 192 valence electrons. The van der Waals surface area contributed by atoms with Crippen LogP contribution in [0.15, 0.2) is 11.6 Å². The van der Waals surface area contributed by atoms with Gasteiger partial charge in [0.2, 0.25) is 0 Å². The van der Waals surface area contributed by atoms with E-state index in [1.165, 1.54) is 70.6 Å². The molecule has 0 amide bonds. The number of nitrogens with one attached hydrogen (secondary N) is 1. The lowest BCUT2D eigenvalue weighted by Gasteiger charge is -2.13. The van der Waals surface area contributed by atoms with Crippen LogP contribution in [0.4, 0.5) is 0 Å². The van der Waals surface area contributed by atoms with E-state index in [9.17, 15) is 14.7 Å². The molecule has 4 heteroatoms. The molecule has 1 aliphatic rings. The number of allylic oxidation sites excluding steroid dienone is 2. The zero-order valence-electron chi connectivity index (χ0n) is 22.0. The number of ketones is 2. The molecule has 1 aliphatic carbocycles. The van der Waals surface area contributed by atoms with E-state index in [0.29, 0.717) is 6.42 Å². The van der Waals surface area contributed by atoms with Crippen molar-refractivity contribution in [3.05, 3.63) is 11.6 Å². The van der Waals surface area contributed by atoms with Gasteiger partial charge in [0.05, 0.1) is 12.0 Å². The second kappa shape index (κ2) is 19.3. The topological polar surface area (TPSA) is 66.4 Å². The Morgan fingerprint density at radius 2 is 1.48 bits per heavy atom. The van der Waals surface area contributed by atoms with Crippen LogP contribution >= 0.6 is 0 Å². The summed E-state index contributed by atoms with van der Waals surface area (Å²) in [6.45, 7) is 7.89. The van der Waals surface area contributed by atoms with E-state index in [2.05, 4.69) is 12.2 Å². The molecule has 0 bridgehead atoms. The summed E-state index contributed by atoms with van der Waals surface area (Å²) in [5, 5.41) is 13.5. The lowest BCUT2D eigenvalue weighted by molar-refractivity contribution is -0.131. The molecule has 3 atom stereocenters. The van der Waals surface area contributed by atoms with Crippen LogP contribution in [0.2, 0.25) is 0 Å². The maximum Gasteiger partial charge on any atom is 0.168 e. The van der Waals surface area contributed by atoms with Gasteiger partial charge in [-0.15, -0.1) is 0 Å². The SMILES string of the molecule is CCCCCCCCNCC(O)CCCCCCCCCCC1C(=O)CC(C)C=C(C)C1=O. The molecule has 1 rings (SSSR count). The van der Waals surface area contributed by atoms with Crippen molar-refractivity contribution < 1.29 is 14.7 Å². The minimum atomic E-state index is -0.391. The van der Waals surface area contributed by atoms with Gasteiger partial charge in [-0.05, 0) is 44.2 Å². The van der Waals surface area contributed by atoms with Gasteiger partial charge in [-0.3, -0.25) is 9.59 Å². The van der Waals surface area contributed by atoms with Crippen LogP contribution in [-0.4, -0.2) is 35.9 Å². The first-order valence-electron chi connectivity index (χ1n) is 14.1. The van der Waals surface area contributed by atoms with Gasteiger partial charge in [0.1, 0.15) is 5.78 Å². The molecule has 0 aromatic carbocycles. The highest BCUT2D eigenvalue weighted by atomic mass is 16.3. The smallest absolute Gasteiger partial charge is 0.168 e. The molecular formula is C29H53NO3. The fourth-order valence-corrected chi connectivity index (χ4v) is 4.93. The summed E-state index contributed by atoms with van der Waals surface area (Å²) >= 11 is 0. The van der Waals surface area contributed by atoms with Crippen LogP contribution in [0.3, 0.4) is 0 Å². The standard InChI is InChI=1S/C29H53NO3/c1-4-5-6-7-14-17-20-30-23-26(31)18-15-12-10-8-9-11-13-16-19-27-28(32)22-24(2)21-25(3)29(27)33/h21,24,26-27,30-31H,4-20,22-23H2,1-3H3. The van der Waals surface area contributed by atoms with Crippen molar-refractivity contribution in [1.29, 1.82) is 0 Å². The normalized spacial score (nSPS) is 20.1. The Morgan fingerprint density at radius 1 is 0.909 bits per heavy atom. The predicted octanol–water partition coefficient (Wildman–Crippen LogP) is 6.94. The highest BCUT2D eigenvalue weighted by molar-refractivity contribution is 6.11. The average Bonchev–Trinajstić information content (AvgIpc) is 2.86. The van der Waals surface area contributed by atoms with Crippen LogP contribution in [0, 0.1) is 11.8 Å². The van der Waals surface area contributed by atoms with Gasteiger partial charge in [0.15, 0.2) is 5.78 Å². The molecule has 3 unspecified atom stereocenters. The van der Waals surface area contributed by atoms with Crippen LogP contribution in [0.5, 0.6) is 0 Å². The van der Waals surface area contributed by atoms with Crippen molar-refractivity contribution in [2.45, 2.75) is 136 Å². The van der Waals surface area contributed by atoms with E-state index >= 15 is 0 Å². The van der Waals surface area contributed by atoms with E-state index in [0.717, 1.165) is 50.8 Å². The molecule has 0 fully saturated rings. The third-order valence-corrected chi connectivity index (χ3v) is 7.02. The highest BCUT2D eigenvalue weighted by Crippen LogP contribution is 2.25. The lowest BCUT2D eigenvalue weighted by atomic mass is 9.89. The Morgan fingerprint density at radius 3 is 2.15 bits per heavy atom. The van der Waals surface area contributed by atoms with Crippen LogP contribution in [0.1, 0.15) is 130 Å². The zero-order chi connectivity index (χ0) is 24.3. The first-order chi connectivity index (χ1) is 16.0. The first kappa shape index (κ1) is 30.0. The summed E-state index contributed by atoms with van der Waals surface area (Å²) in [7, 11) is 0. The van der Waals surface area contributed by atoms with E-state index in [1.54, 1.807) is 0 Å². The maximum atomic E-state index is 12.4. The van der Waals surface area contributed by atoms with Crippen molar-refractivity contribution >= 4 is 11.6 Å². The second-order valence-corrected chi connectivity index (χ2v) is 10.4. The third-order valence-electron chi connectivity index (χ3n) is 7.02. The van der Waals surface area contributed by atoms with Crippen molar-refractivity contribution in [2.24, 2.45) is 11.8 Å². The number of Topliss-reactive ketones (excluding diaryl/α,β-unsaturated/α-hetero) is 2. The number of rotatable bonds is 20. The number of unbranched alkanes of at least 4 members (excludes halogenated alkanes) is 12. The third kappa shape index (κ3) is 14.8. The van der Waals surface area contributed by atoms with Crippen molar-refractivity contribution in [3.8, 4) is 0 Å². The van der Waals surface area contributed by atoms with E-state index in [1.807, 2.05) is 19.9 Å². The maximum absolute atomic E-state index is 12.4. The minimum absolute atomic E-state index is 0.0594. The number of aliphatic hydroxyl groups excluding tert-OH is 1. The summed E-state index contributed by atoms with van der Waals surface area (Å²) in [6.07, 6.45) is 21.1. The van der Waals surface area contributed by atoms with Crippen molar-refractivity contribution in [3.63, 3.8) is 0 Å². The zero-order valence-corrected chi connectivity index (χ0v) is 22.0. The lowest BCUT2D eigenvalue weighted by Crippen LogP contribution is -2.27. The molecule has 0 aliphatic heterocycles. The fourth-order valence-electron chi connectivity index (χ4n) is 4.93. The largest absolute Gasteiger partial charge is 0.392 e. The minimum Gasteiger partial charge on any atom is -0.392 e. The summed E-state index contributed by atoms with van der Waals surface area (Å²) in [5.74, 6) is -0.00335. The second-order valence-electron chi connectivity index (χ2n) is 10.4. The molecular weight excluding hydrogens is 410 g/mol. The van der Waals surface area contributed by atoms with Gasteiger partial charge in [0.25, 0.3) is 0 Å². The molecule has 0 radical (unpaired) electrons. The summed E-state index contributed by atoms with van der Waals surface area (Å²) in [6, 6.07) is 0. The number of carbonyl (C=O) groups is 2. The summed E-state index contributed by atoms with van der Waals surface area (Å²) in [5.41, 5.74) is 0.775. The Labute approximate surface area is 204 Å². The van der Waals surface area contributed by atoms with Gasteiger partial charge in [-0.1, -0.05) is 103 Å². The van der Waals surface area contributed by atoms with Crippen molar-refractivity contribution in [2.75, 3.05) is 13.1 Å². The van der Waals surface area contributed by atoms with Crippen LogP contribution in [0.25, 0.3) is 0 Å². The monoisotopic (exact) mass is 463 g/mol. The van der Waals surface area contributed by atoms with E-state index in [4.69, 9.17) is 0 Å². The molecule has 0 aromatic rings. The molecule has 4 nitrogen and oxygen atoms in total. The number of aliphatic hydroxyl groups is 1. The fraction of sp³-hybridized carbons (Fsp3) is 0.862. The Kier molecular flexibility index (Phi) is 17.6. The molecule has 0 spiro atoms. The molecule has 2 N–H and O–H groups in total. The Bertz CT molecular complexity index is 557. The summed E-state index contributed by atoms with van der Waals surface area (Å²) in [4.78, 5) is 24.8. The Hall–Kier alpha value is -1.00. The van der Waals surface area contributed by atoms with Crippen LogP contribution in [-0.2, 0) is 9.59 Å². The molecule has 33 heavy (non-hydrogen) atoms.